The SMILES string of the molecule is Cn1c(=NC(=O)c2ccc(S(C)(=O)=O)o2)sc2ccccc21. The first-order chi connectivity index (χ1) is 10.4. The maximum absolute atomic E-state index is 12.1. The molecule has 0 unspecified atom stereocenters. The number of sulfone groups is 1. The quantitative estimate of drug-likeness (QED) is 0.716. The largest absolute Gasteiger partial charge is 0.439 e. The number of hydrogen-bond donors (Lipinski definition) is 0. The molecule has 1 amide bonds. The van der Waals surface area contributed by atoms with E-state index in [4.69, 9.17) is 4.42 Å². The Balaban J connectivity index is 2.05. The summed E-state index contributed by atoms with van der Waals surface area (Å²) in [6.45, 7) is 0. The molecule has 2 aromatic heterocycles. The molecular weight excluding hydrogens is 324 g/mol. The molecule has 3 aromatic rings. The molecule has 0 saturated heterocycles. The predicted molar refractivity (Wildman–Crippen MR) is 82.5 cm³/mol. The summed E-state index contributed by atoms with van der Waals surface area (Å²) < 4.78 is 30.6. The van der Waals surface area contributed by atoms with E-state index in [1.807, 2.05) is 31.3 Å². The highest BCUT2D eigenvalue weighted by atomic mass is 32.2. The molecule has 0 aliphatic rings. The fourth-order valence-corrected chi connectivity index (χ4v) is 3.54. The Morgan fingerprint density at radius 1 is 1.23 bits per heavy atom. The number of rotatable bonds is 2. The number of nitrogens with zero attached hydrogens (tertiary/aromatic N) is 2. The second kappa shape index (κ2) is 5.22. The molecule has 6 nitrogen and oxygen atoms in total. The molecule has 8 heteroatoms. The molecule has 0 aliphatic heterocycles. The third kappa shape index (κ3) is 2.62. The minimum Gasteiger partial charge on any atom is -0.439 e. The van der Waals surface area contributed by atoms with Crippen LogP contribution in [0.15, 0.2) is 50.9 Å². The van der Waals surface area contributed by atoms with E-state index < -0.39 is 15.7 Å². The lowest BCUT2D eigenvalue weighted by Gasteiger charge is -1.94. The Labute approximate surface area is 130 Å². The molecule has 0 spiro atoms. The van der Waals surface area contributed by atoms with E-state index >= 15 is 0 Å². The number of carbonyl (C=O) groups excluding carboxylic acids is 1. The molecule has 3 rings (SSSR count). The molecule has 0 fully saturated rings. The van der Waals surface area contributed by atoms with Crippen molar-refractivity contribution in [3.05, 3.63) is 47.0 Å². The summed E-state index contributed by atoms with van der Waals surface area (Å²) in [6, 6.07) is 10.3. The van der Waals surface area contributed by atoms with Crippen LogP contribution in [0.4, 0.5) is 0 Å². The molecule has 0 aliphatic carbocycles. The van der Waals surface area contributed by atoms with E-state index in [2.05, 4.69) is 4.99 Å². The van der Waals surface area contributed by atoms with Crippen molar-refractivity contribution < 1.29 is 17.6 Å². The van der Waals surface area contributed by atoms with E-state index in [1.165, 1.54) is 23.5 Å². The number of furan rings is 1. The second-order valence-electron chi connectivity index (χ2n) is 4.72. The van der Waals surface area contributed by atoms with Crippen LogP contribution in [0, 0.1) is 0 Å². The summed E-state index contributed by atoms with van der Waals surface area (Å²) in [5, 5.41) is -0.244. The summed E-state index contributed by atoms with van der Waals surface area (Å²) in [4.78, 5) is 16.7. The highest BCUT2D eigenvalue weighted by Gasteiger charge is 2.17. The summed E-state index contributed by atoms with van der Waals surface area (Å²) in [5.41, 5.74) is 0.968. The number of amides is 1. The zero-order valence-corrected chi connectivity index (χ0v) is 13.4. The van der Waals surface area contributed by atoms with Gasteiger partial charge in [0.1, 0.15) is 0 Å². The van der Waals surface area contributed by atoms with Gasteiger partial charge in [-0.1, -0.05) is 23.5 Å². The van der Waals surface area contributed by atoms with Gasteiger partial charge in [-0.05, 0) is 24.3 Å². The molecule has 114 valence electrons. The zero-order valence-electron chi connectivity index (χ0n) is 11.8. The van der Waals surface area contributed by atoms with Crippen molar-refractivity contribution in [3.63, 3.8) is 0 Å². The Morgan fingerprint density at radius 2 is 1.95 bits per heavy atom. The highest BCUT2D eigenvalue weighted by Crippen LogP contribution is 2.17. The van der Waals surface area contributed by atoms with Gasteiger partial charge in [0, 0.05) is 13.3 Å². The molecule has 0 atom stereocenters. The predicted octanol–water partition coefficient (Wildman–Crippen LogP) is 1.98. The van der Waals surface area contributed by atoms with Crippen molar-refractivity contribution in [3.8, 4) is 0 Å². The smallest absolute Gasteiger partial charge is 0.315 e. The lowest BCUT2D eigenvalue weighted by Crippen LogP contribution is -2.13. The third-order valence-corrected chi connectivity index (χ3v) is 5.13. The van der Waals surface area contributed by atoms with Crippen molar-refractivity contribution in [1.82, 2.24) is 4.57 Å². The van der Waals surface area contributed by atoms with Gasteiger partial charge in [-0.2, -0.15) is 4.99 Å². The van der Waals surface area contributed by atoms with Crippen LogP contribution >= 0.6 is 11.3 Å². The molecule has 0 saturated carbocycles. The second-order valence-corrected chi connectivity index (χ2v) is 7.67. The van der Waals surface area contributed by atoms with Crippen molar-refractivity contribution >= 4 is 37.3 Å². The summed E-state index contributed by atoms with van der Waals surface area (Å²) in [7, 11) is -1.67. The Hall–Kier alpha value is -2.19. The normalized spacial score (nSPS) is 12.9. The molecule has 0 radical (unpaired) electrons. The topological polar surface area (TPSA) is 81.6 Å². The van der Waals surface area contributed by atoms with Crippen LogP contribution in [-0.4, -0.2) is 25.1 Å². The fourth-order valence-electron chi connectivity index (χ4n) is 1.96. The minimum atomic E-state index is -3.48. The summed E-state index contributed by atoms with van der Waals surface area (Å²) in [5.74, 6) is -0.713. The van der Waals surface area contributed by atoms with Crippen LogP contribution in [0.3, 0.4) is 0 Å². The van der Waals surface area contributed by atoms with Crippen LogP contribution in [-0.2, 0) is 16.9 Å². The van der Waals surface area contributed by atoms with Gasteiger partial charge in [-0.15, -0.1) is 0 Å². The molecule has 0 bridgehead atoms. The molecular formula is C14H12N2O4S2. The van der Waals surface area contributed by atoms with Crippen molar-refractivity contribution in [2.45, 2.75) is 5.09 Å². The van der Waals surface area contributed by atoms with Gasteiger partial charge in [-0.25, -0.2) is 8.42 Å². The van der Waals surface area contributed by atoms with Crippen molar-refractivity contribution in [2.75, 3.05) is 6.26 Å². The first kappa shape index (κ1) is 14.7. The number of thiazole rings is 1. The van der Waals surface area contributed by atoms with E-state index in [1.54, 1.807) is 4.57 Å². The van der Waals surface area contributed by atoms with Gasteiger partial charge < -0.3 is 8.98 Å². The van der Waals surface area contributed by atoms with E-state index in [9.17, 15) is 13.2 Å². The standard InChI is InChI=1S/C14H12N2O4S2/c1-16-9-5-3-4-6-11(9)21-14(16)15-13(17)10-7-8-12(20-10)22(2,18)19/h3-8H,1-2H3. The van der Waals surface area contributed by atoms with Gasteiger partial charge in [0.15, 0.2) is 10.6 Å². The van der Waals surface area contributed by atoms with Gasteiger partial charge in [0.05, 0.1) is 10.2 Å². The van der Waals surface area contributed by atoms with Crippen LogP contribution in [0.2, 0.25) is 0 Å². The lowest BCUT2D eigenvalue weighted by atomic mass is 10.3. The van der Waals surface area contributed by atoms with Crippen LogP contribution in [0.25, 0.3) is 10.2 Å². The number of para-hydroxylation sites is 1. The first-order valence-corrected chi connectivity index (χ1v) is 9.00. The third-order valence-electron chi connectivity index (χ3n) is 3.07. The maximum atomic E-state index is 12.1. The Bertz CT molecular complexity index is 1040. The fraction of sp³-hybridized carbons (Fsp3) is 0.143. The van der Waals surface area contributed by atoms with Crippen molar-refractivity contribution in [1.29, 1.82) is 0 Å². The lowest BCUT2D eigenvalue weighted by molar-refractivity contribution is 0.0966. The van der Waals surface area contributed by atoms with E-state index in [0.717, 1.165) is 16.5 Å². The average molecular weight is 336 g/mol. The first-order valence-electron chi connectivity index (χ1n) is 6.30. The Kier molecular flexibility index (Phi) is 3.50. The molecule has 0 N–H and O–H groups in total. The van der Waals surface area contributed by atoms with Gasteiger partial charge in [0.2, 0.25) is 14.9 Å². The van der Waals surface area contributed by atoms with Crippen LogP contribution < -0.4 is 4.80 Å². The number of carbonyl (C=O) groups is 1. The number of hydrogen-bond acceptors (Lipinski definition) is 5. The van der Waals surface area contributed by atoms with E-state index in [-0.39, 0.29) is 10.9 Å². The number of benzene rings is 1. The monoisotopic (exact) mass is 336 g/mol. The molecule has 22 heavy (non-hydrogen) atoms. The van der Waals surface area contributed by atoms with Gasteiger partial charge in [0.25, 0.3) is 0 Å². The van der Waals surface area contributed by atoms with Crippen LogP contribution in [0.1, 0.15) is 10.6 Å². The van der Waals surface area contributed by atoms with E-state index in [0.29, 0.717) is 4.80 Å². The highest BCUT2D eigenvalue weighted by molar-refractivity contribution is 7.90. The maximum Gasteiger partial charge on any atom is 0.315 e. The average Bonchev–Trinajstić information content (AvgIpc) is 3.05. The summed E-state index contributed by atoms with van der Waals surface area (Å²) in [6.07, 6.45) is 1.02. The van der Waals surface area contributed by atoms with Gasteiger partial charge >= 0.3 is 5.91 Å². The van der Waals surface area contributed by atoms with Crippen molar-refractivity contribution in [2.24, 2.45) is 12.0 Å². The molecule has 2 heterocycles. The number of fused-ring (bicyclic) bond motifs is 1. The zero-order chi connectivity index (χ0) is 15.9. The number of aryl methyl sites for hydroxylation is 1. The number of aromatic nitrogens is 1. The van der Waals surface area contributed by atoms with Gasteiger partial charge in [-0.3, -0.25) is 4.79 Å². The molecule has 1 aromatic carbocycles. The summed E-state index contributed by atoms with van der Waals surface area (Å²) >= 11 is 1.37. The minimum absolute atomic E-state index is 0.0992. The van der Waals surface area contributed by atoms with Crippen LogP contribution in [0.5, 0.6) is 0 Å². The Morgan fingerprint density at radius 3 is 2.59 bits per heavy atom.